The van der Waals surface area contributed by atoms with Gasteiger partial charge in [-0.3, -0.25) is 67.5 Å². The minimum Gasteiger partial charge on any atom is -0.481 e. The van der Waals surface area contributed by atoms with E-state index in [2.05, 4.69) is 87.7 Å². The van der Waals surface area contributed by atoms with Gasteiger partial charge in [-0.1, -0.05) is 70.1 Å². The number of nitrogens with zero attached hydrogens (tertiary/aromatic N) is 4. The number of aliphatic hydroxyl groups is 1. The number of carboxylic acids is 5. The van der Waals surface area contributed by atoms with Gasteiger partial charge in [0.05, 0.1) is 133 Å². The number of ketones is 3. The van der Waals surface area contributed by atoms with Crippen LogP contribution in [0.1, 0.15) is 214 Å². The number of guanidine groups is 1. The van der Waals surface area contributed by atoms with E-state index in [1.807, 2.05) is 20.8 Å². The number of nitrogen functional groups attached to an aromatic ring is 1. The topological polar surface area (TPSA) is 610 Å². The molecule has 1 spiro atoms. The Morgan fingerprint density at radius 1 is 0.709 bits per heavy atom. The number of methoxy groups -OCH3 is 1. The van der Waals surface area contributed by atoms with Crippen molar-refractivity contribution >= 4 is 121 Å². The highest BCUT2D eigenvalue weighted by Gasteiger charge is 2.65. The summed E-state index contributed by atoms with van der Waals surface area (Å²) in [5, 5.41) is 71.4. The number of rotatable bonds is 47. The molecule has 9 rings (SSSR count). The zero-order valence-electron chi connectivity index (χ0n) is 73.8. The largest absolute Gasteiger partial charge is 0.481 e. The first-order valence-electron chi connectivity index (χ1n) is 43.6. The normalized spacial score (nSPS) is 29.9. The van der Waals surface area contributed by atoms with Crippen molar-refractivity contribution in [2.24, 2.45) is 75.6 Å². The Kier molecular flexibility index (Phi) is 36.0. The number of anilines is 2. The summed E-state index contributed by atoms with van der Waals surface area (Å²) in [6, 6.07) is 0.426. The number of hydrogen-bond donors (Lipinski definition) is 14. The third-order valence-electron chi connectivity index (χ3n) is 25.9. The molecule has 127 heavy (non-hydrogen) atoms. The van der Waals surface area contributed by atoms with E-state index in [0.717, 1.165) is 60.1 Å². The number of carbonyl (C=O) groups is 12. The standard InChI is InChI=1S/C86H126N12O27S2/c1-12-85(117)45(5)28-43(3)71(124-85)64-29-44(4)72(121-64)83(9)24-23-65(123-83)84(10)38-46(6)86(125-84)48(8)63(118-11)36-57(122-86)35-56-21-15-42(2)70(120-56)47(7)80(116)119-26-27-126-127-41-52(78(112)113)32-62(101)60(37-68(106)107)96-76(110)51(34-67(104)105)31-61(100)58(14-13-25-90-81(87)88)94-75(109)50(33-66(102)103)30-55(99)20-22-59(79(114)115)95-74(108)49-16-18-53(19-17-49)91-39-54-40-92-73-69(93-54)77(111)98-82(89)97-73/h16-19,40,42-48,50-52,56-60,63-65,70-72,91,117H,12-15,20-39,41H2,1-11H3,(H,94,109)(H,95,108)(H,96,110)(H,102,103)(H,104,105)(H,106,107)(H,112,113)(H,114,115)(H4,87,88,90)(H3,89,92,97,98,111)/t42-,43-,44-,45+,46+,47+,48+,50-,51-,52-,56+,57+,58-,59-,60-,63+,64+,65?,70?,71+,72+,83-,84+,85-,86+/m0/s1. The molecule has 2 unspecified atom stereocenters. The molecule has 6 fully saturated rings. The van der Waals surface area contributed by atoms with E-state index in [1.165, 1.54) is 30.5 Å². The van der Waals surface area contributed by atoms with Crippen LogP contribution >= 0.6 is 21.6 Å². The van der Waals surface area contributed by atoms with Gasteiger partial charge in [-0.05, 0) is 133 Å². The van der Waals surface area contributed by atoms with Crippen molar-refractivity contribution < 1.29 is 126 Å². The van der Waals surface area contributed by atoms with Crippen LogP contribution in [0.4, 0.5) is 11.6 Å². The molecule has 0 aliphatic carbocycles. The van der Waals surface area contributed by atoms with Crippen LogP contribution in [0.3, 0.4) is 0 Å². The maximum atomic E-state index is 14.3. The first-order chi connectivity index (χ1) is 59.9. The summed E-state index contributed by atoms with van der Waals surface area (Å²) in [4.78, 5) is 189. The number of aliphatic carboxylic acids is 5. The number of amides is 3. The molecule has 8 heterocycles. The van der Waals surface area contributed by atoms with Gasteiger partial charge in [-0.15, -0.1) is 0 Å². The Morgan fingerprint density at radius 2 is 1.37 bits per heavy atom. The van der Waals surface area contributed by atoms with E-state index >= 15 is 0 Å². The molecule has 39 nitrogen and oxygen atoms in total. The van der Waals surface area contributed by atoms with Crippen molar-refractivity contribution in [3.63, 3.8) is 0 Å². The Hall–Kier alpha value is -9.07. The summed E-state index contributed by atoms with van der Waals surface area (Å²) in [6.07, 6.45) is -1.24. The monoisotopic (exact) mass is 1820 g/mol. The molecular weight excluding hydrogens is 1700 g/mol. The maximum absolute atomic E-state index is 14.3. The van der Waals surface area contributed by atoms with Crippen LogP contribution in [0.15, 0.2) is 40.2 Å². The molecule has 2 aromatic heterocycles. The first kappa shape index (κ1) is 102. The van der Waals surface area contributed by atoms with Gasteiger partial charge >= 0.3 is 35.8 Å². The fourth-order valence-electron chi connectivity index (χ4n) is 18.9. The molecule has 3 aromatic rings. The van der Waals surface area contributed by atoms with E-state index in [4.69, 9.17) is 55.1 Å². The molecule has 25 atom stereocenters. The Balaban J connectivity index is 0.729. The summed E-state index contributed by atoms with van der Waals surface area (Å²) in [7, 11) is 3.87. The van der Waals surface area contributed by atoms with Crippen LogP contribution in [-0.2, 0) is 97.2 Å². The number of carboxylic acid groups (broad SMARTS) is 5. The number of H-pyrrole nitrogens is 1. The number of Topliss-reactive ketones (excluding diaryl/α,β-unsaturated/α-hetero) is 3. The number of hydrogen-bond acceptors (Lipinski definition) is 30. The predicted molar refractivity (Wildman–Crippen MR) is 462 cm³/mol. The molecule has 0 bridgehead atoms. The molecule has 704 valence electrons. The van der Waals surface area contributed by atoms with Crippen LogP contribution in [0.2, 0.25) is 0 Å². The third kappa shape index (κ3) is 26.8. The highest BCUT2D eigenvalue weighted by atomic mass is 33.1. The summed E-state index contributed by atoms with van der Waals surface area (Å²) in [6.45, 7) is 20.6. The number of nitrogens with two attached hydrogens (primary N) is 3. The van der Waals surface area contributed by atoms with Gasteiger partial charge in [0.2, 0.25) is 17.8 Å². The molecule has 6 saturated heterocycles. The minimum absolute atomic E-state index is 0.00726. The summed E-state index contributed by atoms with van der Waals surface area (Å²) >= 11 is 0. The van der Waals surface area contributed by atoms with Crippen LogP contribution in [-0.4, -0.2) is 249 Å². The number of aromatic amines is 1. The Morgan fingerprint density at radius 3 is 2.02 bits per heavy atom. The number of aliphatic imine (C=N–C) groups is 1. The van der Waals surface area contributed by atoms with E-state index in [-0.39, 0.29) is 151 Å². The van der Waals surface area contributed by atoms with Crippen LogP contribution < -0.4 is 44.0 Å². The first-order valence-corrected chi connectivity index (χ1v) is 46.1. The summed E-state index contributed by atoms with van der Waals surface area (Å²) < 4.78 is 54.0. The molecule has 41 heteroatoms. The van der Waals surface area contributed by atoms with E-state index in [0.29, 0.717) is 37.1 Å². The zero-order valence-corrected chi connectivity index (χ0v) is 75.4. The number of carbonyl (C=O) groups excluding carboxylic acids is 7. The molecule has 17 N–H and O–H groups in total. The third-order valence-corrected chi connectivity index (χ3v) is 28.4. The lowest BCUT2D eigenvalue weighted by Gasteiger charge is -2.50. The minimum atomic E-state index is -1.96. The summed E-state index contributed by atoms with van der Waals surface area (Å²) in [5.41, 5.74) is 15.5. The molecule has 6 aliphatic rings. The van der Waals surface area contributed by atoms with Gasteiger partial charge in [0.1, 0.15) is 18.4 Å². The van der Waals surface area contributed by atoms with Gasteiger partial charge in [0.25, 0.3) is 11.5 Å². The molecule has 3 amide bonds. The quantitative estimate of drug-likeness (QED) is 0.00997. The van der Waals surface area contributed by atoms with Crippen molar-refractivity contribution in [2.45, 2.75) is 294 Å². The lowest BCUT2D eigenvalue weighted by Crippen LogP contribution is -2.58. The van der Waals surface area contributed by atoms with Gasteiger partial charge in [0, 0.05) is 92.7 Å². The number of benzene rings is 1. The van der Waals surface area contributed by atoms with Crippen LogP contribution in [0.25, 0.3) is 11.2 Å². The molecule has 6 aliphatic heterocycles. The van der Waals surface area contributed by atoms with Gasteiger partial charge in [-0.2, -0.15) is 4.98 Å². The van der Waals surface area contributed by atoms with Crippen LogP contribution in [0.5, 0.6) is 0 Å². The highest BCUT2D eigenvalue weighted by molar-refractivity contribution is 8.76. The van der Waals surface area contributed by atoms with E-state index in [9.17, 15) is 93.0 Å². The van der Waals surface area contributed by atoms with Crippen molar-refractivity contribution in [1.29, 1.82) is 0 Å². The van der Waals surface area contributed by atoms with Crippen molar-refractivity contribution in [3.05, 3.63) is 52.1 Å². The van der Waals surface area contributed by atoms with Gasteiger partial charge in [-0.25, -0.2) is 14.8 Å². The van der Waals surface area contributed by atoms with E-state index < -0.39 is 198 Å². The predicted octanol–water partition coefficient (Wildman–Crippen LogP) is 6.11. The second-order valence-corrected chi connectivity index (χ2v) is 38.3. The molecule has 0 saturated carbocycles. The van der Waals surface area contributed by atoms with E-state index in [1.54, 1.807) is 14.0 Å². The number of nitrogens with one attached hydrogen (secondary N) is 5. The SMILES string of the molecule is CC[C@]1(O)O[C@@H]([C@H]2C[C@H](C)[C@H]([C@]3(C)CCC([C@@]4(C)C[C@@H](C)[C@@]5(O[C@H](C[C@H]6CC[C@H](C)C([C@@H](C)C(=O)OCCSSC[C@H](CC(=O)[C@H](CC(=O)O)NC(=O)[C@H](CC(=O)O)CC(=O)[C@H](CCCN=C(N)N)NC(=O)[C@H](CC(=O)O)CC(=O)CC[C@H](NC(=O)c7ccc(NCc8cnc9nc(N)[nH]c(=O)c9n8)cc7)C(=O)O)C(=O)O)O6)C[C@@H](OC)[C@H]5C)O4)O3)O2)[C@@H](C)C[C@H]1C. The number of fused-ring (bicyclic) bond motifs is 1. The average molecular weight is 1820 g/mol. The Labute approximate surface area is 744 Å². The number of aromatic nitrogens is 4. The number of ether oxygens (including phenoxy) is 8. The molecule has 1 aromatic carbocycles. The summed E-state index contributed by atoms with van der Waals surface area (Å²) in [5.74, 6) is -23.0. The fourth-order valence-corrected chi connectivity index (χ4v) is 21.0. The fraction of sp³-hybridized carbons (Fsp3) is 0.709. The lowest BCUT2D eigenvalue weighted by molar-refractivity contribution is -0.353. The lowest BCUT2D eigenvalue weighted by atomic mass is 9.78. The second-order valence-electron chi connectivity index (χ2n) is 35.7. The second kappa shape index (κ2) is 45.0. The van der Waals surface area contributed by atoms with Crippen molar-refractivity contribution in [1.82, 2.24) is 35.9 Å². The smallest absolute Gasteiger partial charge is 0.326 e. The van der Waals surface area contributed by atoms with Crippen LogP contribution in [0, 0.1) is 59.2 Å². The molecular formula is C86H126N12O27S2. The maximum Gasteiger partial charge on any atom is 0.326 e. The zero-order chi connectivity index (χ0) is 93.3. The number of esters is 1. The average Bonchev–Trinajstić information content (AvgIpc) is 1.56. The van der Waals surface area contributed by atoms with Gasteiger partial charge in [0.15, 0.2) is 40.3 Å². The van der Waals surface area contributed by atoms with Crippen molar-refractivity contribution in [2.75, 3.05) is 42.8 Å². The Bertz CT molecular complexity index is 4510. The highest BCUT2D eigenvalue weighted by Crippen LogP contribution is 2.57. The van der Waals surface area contributed by atoms with Gasteiger partial charge < -0.3 is 107 Å². The molecule has 0 radical (unpaired) electrons. The van der Waals surface area contributed by atoms with Crippen molar-refractivity contribution in [3.8, 4) is 0 Å².